The maximum Gasteiger partial charge on any atom is 0.321 e. The minimum absolute atomic E-state index is 0.0885. The summed E-state index contributed by atoms with van der Waals surface area (Å²) in [4.78, 5) is 60.7. The van der Waals surface area contributed by atoms with E-state index in [1.54, 1.807) is 12.1 Å². The van der Waals surface area contributed by atoms with Crippen molar-refractivity contribution in [2.75, 3.05) is 13.2 Å². The van der Waals surface area contributed by atoms with Crippen LogP contribution < -0.4 is 10.6 Å². The number of fused-ring (bicyclic) bond motifs is 1. The van der Waals surface area contributed by atoms with Crippen molar-refractivity contribution in [2.24, 2.45) is 11.8 Å². The van der Waals surface area contributed by atoms with Crippen molar-refractivity contribution in [3.63, 3.8) is 0 Å². The van der Waals surface area contributed by atoms with Crippen molar-refractivity contribution in [3.8, 4) is 0 Å². The number of hydrogen-bond donors (Lipinski definition) is 2. The Balaban J connectivity index is 1.34. The molecule has 0 unspecified atom stereocenters. The topological polar surface area (TPSA) is 135 Å². The van der Waals surface area contributed by atoms with Gasteiger partial charge in [-0.3, -0.25) is 29.4 Å². The second-order valence-corrected chi connectivity index (χ2v) is 6.70. The van der Waals surface area contributed by atoms with Crippen LogP contribution in [0.1, 0.15) is 25.0 Å². The molecule has 1 saturated heterocycles. The SMILES string of the molecule is O=C(COC(=O)CCN1C(=O)[C@H]2CC=CC[C@@H]2C1=O)NC(=O)NCc1ccco1. The summed E-state index contributed by atoms with van der Waals surface area (Å²) in [6, 6.07) is 2.56. The van der Waals surface area contributed by atoms with E-state index in [4.69, 9.17) is 9.15 Å². The molecule has 2 aliphatic rings. The van der Waals surface area contributed by atoms with Gasteiger partial charge in [-0.2, -0.15) is 0 Å². The van der Waals surface area contributed by atoms with E-state index in [1.165, 1.54) is 6.26 Å². The molecule has 2 heterocycles. The van der Waals surface area contributed by atoms with Crippen molar-refractivity contribution in [1.82, 2.24) is 15.5 Å². The number of imide groups is 2. The van der Waals surface area contributed by atoms with Crippen LogP contribution in [0.3, 0.4) is 0 Å². The molecule has 10 heteroatoms. The molecule has 1 fully saturated rings. The summed E-state index contributed by atoms with van der Waals surface area (Å²) in [5.74, 6) is -2.29. The number of carbonyl (C=O) groups excluding carboxylic acids is 5. The van der Waals surface area contributed by atoms with Gasteiger partial charge in [0.15, 0.2) is 6.61 Å². The maximum atomic E-state index is 12.3. The first-order valence-corrected chi connectivity index (χ1v) is 9.21. The largest absolute Gasteiger partial charge is 0.467 e. The molecule has 3 rings (SSSR count). The van der Waals surface area contributed by atoms with Crippen molar-refractivity contribution >= 4 is 29.7 Å². The monoisotopic (exact) mass is 403 g/mol. The summed E-state index contributed by atoms with van der Waals surface area (Å²) in [5, 5.41) is 4.42. The zero-order valence-electron chi connectivity index (χ0n) is 15.6. The molecule has 29 heavy (non-hydrogen) atoms. The van der Waals surface area contributed by atoms with Crippen molar-refractivity contribution in [2.45, 2.75) is 25.8 Å². The van der Waals surface area contributed by atoms with E-state index < -0.39 is 24.5 Å². The van der Waals surface area contributed by atoms with Gasteiger partial charge >= 0.3 is 12.0 Å². The first-order chi connectivity index (χ1) is 14.0. The lowest BCUT2D eigenvalue weighted by molar-refractivity contribution is -0.149. The highest BCUT2D eigenvalue weighted by Crippen LogP contribution is 2.34. The van der Waals surface area contributed by atoms with Gasteiger partial charge < -0.3 is 14.5 Å². The first kappa shape index (κ1) is 20.3. The zero-order valence-corrected chi connectivity index (χ0v) is 15.6. The predicted molar refractivity (Wildman–Crippen MR) is 96.7 cm³/mol. The van der Waals surface area contributed by atoms with Gasteiger partial charge in [-0.05, 0) is 25.0 Å². The molecule has 1 aliphatic heterocycles. The summed E-state index contributed by atoms with van der Waals surface area (Å²) in [7, 11) is 0. The minimum atomic E-state index is -0.805. The average Bonchev–Trinajstić information content (AvgIpc) is 3.31. The summed E-state index contributed by atoms with van der Waals surface area (Å²) >= 11 is 0. The molecule has 0 radical (unpaired) electrons. The highest BCUT2D eigenvalue weighted by Gasteiger charge is 2.46. The molecule has 0 spiro atoms. The molecular weight excluding hydrogens is 382 g/mol. The number of amides is 5. The van der Waals surface area contributed by atoms with Gasteiger partial charge in [-0.15, -0.1) is 0 Å². The van der Waals surface area contributed by atoms with Crippen LogP contribution in [0.5, 0.6) is 0 Å². The Morgan fingerprint density at radius 3 is 2.45 bits per heavy atom. The van der Waals surface area contributed by atoms with E-state index in [0.717, 1.165) is 4.90 Å². The van der Waals surface area contributed by atoms with Crippen LogP contribution in [0.25, 0.3) is 0 Å². The lowest BCUT2D eigenvalue weighted by Crippen LogP contribution is -2.41. The third kappa shape index (κ3) is 5.09. The second kappa shape index (κ2) is 9.18. The smallest absolute Gasteiger partial charge is 0.321 e. The van der Waals surface area contributed by atoms with Crippen LogP contribution in [-0.4, -0.2) is 47.8 Å². The van der Waals surface area contributed by atoms with E-state index in [2.05, 4.69) is 5.32 Å². The Kier molecular flexibility index (Phi) is 6.43. The number of nitrogens with zero attached hydrogens (tertiary/aromatic N) is 1. The zero-order chi connectivity index (χ0) is 20.8. The fraction of sp³-hybridized carbons (Fsp3) is 0.421. The van der Waals surface area contributed by atoms with Crippen molar-refractivity contribution in [1.29, 1.82) is 0 Å². The van der Waals surface area contributed by atoms with Crippen molar-refractivity contribution in [3.05, 3.63) is 36.3 Å². The van der Waals surface area contributed by atoms with Gasteiger partial charge in [0, 0.05) is 6.54 Å². The van der Waals surface area contributed by atoms with Crippen LogP contribution >= 0.6 is 0 Å². The lowest BCUT2D eigenvalue weighted by Gasteiger charge is -2.14. The number of rotatable bonds is 7. The molecule has 1 aromatic heterocycles. The minimum Gasteiger partial charge on any atom is -0.467 e. The Hall–Kier alpha value is -3.43. The summed E-state index contributed by atoms with van der Waals surface area (Å²) in [5.41, 5.74) is 0. The average molecular weight is 403 g/mol. The molecule has 2 N–H and O–H groups in total. The number of urea groups is 1. The van der Waals surface area contributed by atoms with E-state index in [1.807, 2.05) is 17.5 Å². The second-order valence-electron chi connectivity index (χ2n) is 6.70. The summed E-state index contributed by atoms with van der Waals surface area (Å²) < 4.78 is 9.82. The normalized spacial score (nSPS) is 20.3. The van der Waals surface area contributed by atoms with Crippen LogP contribution in [-0.2, 0) is 30.5 Å². The third-order valence-electron chi connectivity index (χ3n) is 4.76. The summed E-state index contributed by atoms with van der Waals surface area (Å²) in [6.07, 6.45) is 6.05. The molecule has 0 bridgehead atoms. The quantitative estimate of drug-likeness (QED) is 0.384. The fourth-order valence-electron chi connectivity index (χ4n) is 3.30. The Bertz CT molecular complexity index is 805. The van der Waals surface area contributed by atoms with E-state index in [0.29, 0.717) is 18.6 Å². The summed E-state index contributed by atoms with van der Waals surface area (Å²) in [6.45, 7) is -0.639. The number of carbonyl (C=O) groups is 5. The molecule has 2 atom stereocenters. The first-order valence-electron chi connectivity index (χ1n) is 9.21. The standard InChI is InChI=1S/C19H21N3O7/c23-15(21-19(27)20-10-12-4-3-9-28-12)11-29-16(24)7-8-22-17(25)13-5-1-2-6-14(13)18(22)26/h1-4,9,13-14H,5-8,10-11H2,(H2,20,21,23,27)/t13-,14-/m0/s1. The predicted octanol–water partition coefficient (Wildman–Crippen LogP) is 0.490. The number of nitrogens with one attached hydrogen (secondary N) is 2. The van der Waals surface area contributed by atoms with Gasteiger partial charge in [-0.25, -0.2) is 4.79 Å². The molecule has 1 aromatic rings. The number of allylic oxidation sites excluding steroid dienone is 2. The molecule has 154 valence electrons. The Labute approximate surface area is 166 Å². The number of hydrogen-bond acceptors (Lipinski definition) is 7. The molecule has 1 aliphatic carbocycles. The third-order valence-corrected chi connectivity index (χ3v) is 4.76. The number of esters is 1. The van der Waals surface area contributed by atoms with Crippen LogP contribution in [0, 0.1) is 11.8 Å². The molecule has 0 aromatic carbocycles. The number of ether oxygens (including phenoxy) is 1. The molecule has 5 amide bonds. The molecule has 0 saturated carbocycles. The van der Waals surface area contributed by atoms with Crippen LogP contribution in [0.15, 0.2) is 35.0 Å². The van der Waals surface area contributed by atoms with E-state index in [9.17, 15) is 24.0 Å². The maximum absolute atomic E-state index is 12.3. The molecular formula is C19H21N3O7. The van der Waals surface area contributed by atoms with Crippen LogP contribution in [0.2, 0.25) is 0 Å². The molecule has 10 nitrogen and oxygen atoms in total. The fourth-order valence-corrected chi connectivity index (χ4v) is 3.30. The number of likely N-dealkylation sites (tertiary alicyclic amines) is 1. The highest BCUT2D eigenvalue weighted by atomic mass is 16.5. The Morgan fingerprint density at radius 2 is 1.83 bits per heavy atom. The van der Waals surface area contributed by atoms with Gasteiger partial charge in [-0.1, -0.05) is 12.2 Å². The van der Waals surface area contributed by atoms with E-state index in [-0.39, 0.29) is 43.2 Å². The van der Waals surface area contributed by atoms with E-state index >= 15 is 0 Å². The lowest BCUT2D eigenvalue weighted by atomic mass is 9.85. The van der Waals surface area contributed by atoms with Gasteiger partial charge in [0.05, 0.1) is 31.1 Å². The highest BCUT2D eigenvalue weighted by molar-refractivity contribution is 6.05. The number of furan rings is 1. The van der Waals surface area contributed by atoms with Gasteiger partial charge in [0.2, 0.25) is 11.8 Å². The van der Waals surface area contributed by atoms with Gasteiger partial charge in [0.25, 0.3) is 5.91 Å². The van der Waals surface area contributed by atoms with Crippen LogP contribution in [0.4, 0.5) is 4.79 Å². The van der Waals surface area contributed by atoms with Crippen molar-refractivity contribution < 1.29 is 33.1 Å². The Morgan fingerprint density at radius 1 is 1.14 bits per heavy atom. The van der Waals surface area contributed by atoms with Gasteiger partial charge in [0.1, 0.15) is 5.76 Å².